The second-order valence-electron chi connectivity index (χ2n) is 4.92. The zero-order valence-corrected chi connectivity index (χ0v) is 12.7. The fourth-order valence-electron chi connectivity index (χ4n) is 2.47. The number of methoxy groups -OCH3 is 1. The van der Waals surface area contributed by atoms with Gasteiger partial charge in [0.25, 0.3) is 0 Å². The topological polar surface area (TPSA) is 41.6 Å². The summed E-state index contributed by atoms with van der Waals surface area (Å²) >= 11 is 0. The van der Waals surface area contributed by atoms with Gasteiger partial charge < -0.3 is 4.74 Å². The van der Waals surface area contributed by atoms with Crippen LogP contribution in [0.3, 0.4) is 0 Å². The average molecular weight is 299 g/mol. The molecular formula is C15H23ClN2O2. The number of ether oxygens (including phenoxy) is 1. The van der Waals surface area contributed by atoms with Gasteiger partial charge in [-0.1, -0.05) is 30.3 Å². The molecule has 1 aromatic rings. The molecule has 4 nitrogen and oxygen atoms in total. The van der Waals surface area contributed by atoms with Crippen molar-refractivity contribution in [3.63, 3.8) is 0 Å². The molecule has 1 heterocycles. The van der Waals surface area contributed by atoms with Crippen LogP contribution < -0.4 is 5.32 Å². The van der Waals surface area contributed by atoms with Crippen molar-refractivity contribution in [2.45, 2.75) is 32.0 Å². The van der Waals surface area contributed by atoms with E-state index in [1.165, 1.54) is 19.1 Å². The van der Waals surface area contributed by atoms with Gasteiger partial charge >= 0.3 is 5.97 Å². The molecule has 2 rings (SSSR count). The summed E-state index contributed by atoms with van der Waals surface area (Å²) in [6, 6.07) is 10.3. The molecule has 1 aliphatic heterocycles. The Kier molecular flexibility index (Phi) is 7.59. The normalized spacial score (nSPS) is 19.1. The van der Waals surface area contributed by atoms with Crippen LogP contribution in [0, 0.1) is 0 Å². The van der Waals surface area contributed by atoms with Gasteiger partial charge in [-0.2, -0.15) is 0 Å². The highest BCUT2D eigenvalue weighted by atomic mass is 35.5. The fraction of sp³-hybridized carbons (Fsp3) is 0.533. The van der Waals surface area contributed by atoms with E-state index in [0.29, 0.717) is 6.54 Å². The van der Waals surface area contributed by atoms with Crippen molar-refractivity contribution in [3.8, 4) is 0 Å². The Labute approximate surface area is 126 Å². The molecule has 0 bridgehead atoms. The van der Waals surface area contributed by atoms with Crippen LogP contribution in [-0.4, -0.2) is 37.2 Å². The lowest BCUT2D eigenvalue weighted by atomic mass is 10.1. The van der Waals surface area contributed by atoms with Crippen LogP contribution >= 0.6 is 12.4 Å². The Morgan fingerprint density at radius 1 is 1.35 bits per heavy atom. The number of esters is 1. The Morgan fingerprint density at radius 2 is 2.10 bits per heavy atom. The van der Waals surface area contributed by atoms with Gasteiger partial charge in [0.05, 0.1) is 19.8 Å². The van der Waals surface area contributed by atoms with Crippen molar-refractivity contribution in [1.29, 1.82) is 0 Å². The lowest BCUT2D eigenvalue weighted by molar-refractivity contribution is -0.143. The first-order chi connectivity index (χ1) is 9.29. The fourth-order valence-corrected chi connectivity index (χ4v) is 2.47. The standard InChI is InChI=1S/C15H22N2O2.ClH/c1-19-15(18)12-17-10-6-5-9-14(17)16-11-13-7-3-2-4-8-13;/h2-4,7-8,14,16H,5-6,9-12H2,1H3;1H. The molecule has 1 aliphatic rings. The first-order valence-electron chi connectivity index (χ1n) is 6.88. The first kappa shape index (κ1) is 17.0. The van der Waals surface area contributed by atoms with Gasteiger partial charge in [0.2, 0.25) is 0 Å². The number of nitrogens with one attached hydrogen (secondary N) is 1. The number of likely N-dealkylation sites (tertiary alicyclic amines) is 1. The van der Waals surface area contributed by atoms with Crippen molar-refractivity contribution >= 4 is 18.4 Å². The quantitative estimate of drug-likeness (QED) is 0.846. The highest BCUT2D eigenvalue weighted by molar-refractivity contribution is 5.85. The van der Waals surface area contributed by atoms with Crippen LogP contribution in [0.25, 0.3) is 0 Å². The average Bonchev–Trinajstić information content (AvgIpc) is 2.47. The molecule has 20 heavy (non-hydrogen) atoms. The number of hydrogen-bond acceptors (Lipinski definition) is 4. The summed E-state index contributed by atoms with van der Waals surface area (Å²) in [7, 11) is 1.44. The predicted molar refractivity (Wildman–Crippen MR) is 81.8 cm³/mol. The zero-order valence-electron chi connectivity index (χ0n) is 11.9. The van der Waals surface area contributed by atoms with Crippen LogP contribution in [0.2, 0.25) is 0 Å². The van der Waals surface area contributed by atoms with E-state index >= 15 is 0 Å². The lowest BCUT2D eigenvalue weighted by Gasteiger charge is -2.35. The number of halogens is 1. The van der Waals surface area contributed by atoms with E-state index in [1.807, 2.05) is 18.2 Å². The molecule has 1 saturated heterocycles. The van der Waals surface area contributed by atoms with E-state index in [4.69, 9.17) is 4.74 Å². The Morgan fingerprint density at radius 3 is 2.80 bits per heavy atom. The molecule has 5 heteroatoms. The van der Waals surface area contributed by atoms with E-state index in [1.54, 1.807) is 0 Å². The van der Waals surface area contributed by atoms with Gasteiger partial charge in [0, 0.05) is 13.1 Å². The molecule has 112 valence electrons. The maximum atomic E-state index is 11.4. The summed E-state index contributed by atoms with van der Waals surface area (Å²) in [4.78, 5) is 13.6. The minimum absolute atomic E-state index is 0. The van der Waals surface area contributed by atoms with E-state index in [2.05, 4.69) is 22.3 Å². The van der Waals surface area contributed by atoms with Crippen molar-refractivity contribution in [2.24, 2.45) is 0 Å². The van der Waals surface area contributed by atoms with Crippen molar-refractivity contribution in [2.75, 3.05) is 20.2 Å². The molecule has 0 aromatic heterocycles. The SMILES string of the molecule is COC(=O)CN1CCCCC1NCc1ccccc1.Cl. The molecule has 0 spiro atoms. The number of hydrogen-bond donors (Lipinski definition) is 1. The molecule has 1 atom stereocenters. The lowest BCUT2D eigenvalue weighted by Crippen LogP contribution is -2.50. The number of carbonyl (C=O) groups excluding carboxylic acids is 1. The van der Waals surface area contributed by atoms with Crippen LogP contribution in [-0.2, 0) is 16.1 Å². The molecule has 0 saturated carbocycles. The molecule has 0 radical (unpaired) electrons. The summed E-state index contributed by atoms with van der Waals surface area (Å²) in [6.45, 7) is 2.17. The van der Waals surface area contributed by atoms with Crippen LogP contribution in [0.15, 0.2) is 30.3 Å². The molecule has 1 aromatic carbocycles. The second-order valence-corrected chi connectivity index (χ2v) is 4.92. The van der Waals surface area contributed by atoms with Gasteiger partial charge in [-0.25, -0.2) is 0 Å². The Balaban J connectivity index is 0.00000200. The Bertz CT molecular complexity index is 400. The minimum Gasteiger partial charge on any atom is -0.468 e. The van der Waals surface area contributed by atoms with Crippen LogP contribution in [0.4, 0.5) is 0 Å². The van der Waals surface area contributed by atoms with Crippen molar-refractivity contribution in [1.82, 2.24) is 10.2 Å². The molecule has 0 aliphatic carbocycles. The van der Waals surface area contributed by atoms with Crippen molar-refractivity contribution < 1.29 is 9.53 Å². The molecule has 1 unspecified atom stereocenters. The number of piperidine rings is 1. The van der Waals surface area contributed by atoms with Gasteiger partial charge in [0.1, 0.15) is 0 Å². The minimum atomic E-state index is -0.159. The van der Waals surface area contributed by atoms with E-state index in [-0.39, 0.29) is 24.5 Å². The second kappa shape index (κ2) is 8.95. The van der Waals surface area contributed by atoms with E-state index < -0.39 is 0 Å². The summed E-state index contributed by atoms with van der Waals surface area (Å²) < 4.78 is 4.76. The third-order valence-corrected chi connectivity index (χ3v) is 3.56. The predicted octanol–water partition coefficient (Wildman–Crippen LogP) is 2.18. The summed E-state index contributed by atoms with van der Waals surface area (Å²) in [5.74, 6) is -0.159. The van der Waals surface area contributed by atoms with E-state index in [9.17, 15) is 4.79 Å². The summed E-state index contributed by atoms with van der Waals surface area (Å²) in [6.07, 6.45) is 3.72. The van der Waals surface area contributed by atoms with Crippen molar-refractivity contribution in [3.05, 3.63) is 35.9 Å². The summed E-state index contributed by atoms with van der Waals surface area (Å²) in [5, 5.41) is 3.54. The zero-order chi connectivity index (χ0) is 13.5. The first-order valence-corrected chi connectivity index (χ1v) is 6.88. The van der Waals surface area contributed by atoms with Gasteiger partial charge in [-0.05, 0) is 24.8 Å². The maximum Gasteiger partial charge on any atom is 0.319 e. The highest BCUT2D eigenvalue weighted by Crippen LogP contribution is 2.15. The van der Waals surface area contributed by atoms with Crippen LogP contribution in [0.5, 0.6) is 0 Å². The number of benzene rings is 1. The molecule has 1 fully saturated rings. The maximum absolute atomic E-state index is 11.4. The van der Waals surface area contributed by atoms with Crippen LogP contribution in [0.1, 0.15) is 24.8 Å². The smallest absolute Gasteiger partial charge is 0.319 e. The molecule has 0 amide bonds. The van der Waals surface area contributed by atoms with Gasteiger partial charge in [0.15, 0.2) is 0 Å². The largest absolute Gasteiger partial charge is 0.468 e. The third kappa shape index (κ3) is 5.12. The number of rotatable bonds is 5. The summed E-state index contributed by atoms with van der Waals surface area (Å²) in [5.41, 5.74) is 1.27. The number of carbonyl (C=O) groups is 1. The van der Waals surface area contributed by atoms with Gasteiger partial charge in [-0.15, -0.1) is 12.4 Å². The molecule has 1 N–H and O–H groups in total. The third-order valence-electron chi connectivity index (χ3n) is 3.56. The molecular weight excluding hydrogens is 276 g/mol. The van der Waals surface area contributed by atoms with E-state index in [0.717, 1.165) is 25.9 Å². The van der Waals surface area contributed by atoms with Gasteiger partial charge in [-0.3, -0.25) is 15.0 Å². The Hall–Kier alpha value is -1.10. The highest BCUT2D eigenvalue weighted by Gasteiger charge is 2.23. The monoisotopic (exact) mass is 298 g/mol. The number of nitrogens with zero attached hydrogens (tertiary/aromatic N) is 1.